The number of hydrogen-bond donors (Lipinski definition) is 0. The van der Waals surface area contributed by atoms with Crippen LogP contribution >= 0.6 is 0 Å². The summed E-state index contributed by atoms with van der Waals surface area (Å²) >= 11 is 0. The van der Waals surface area contributed by atoms with Gasteiger partial charge in [-0.1, -0.05) is 17.9 Å². The number of nitro groups is 1. The number of rotatable bonds is 4. The van der Waals surface area contributed by atoms with Crippen LogP contribution in [0.2, 0.25) is 0 Å². The third-order valence-electron chi connectivity index (χ3n) is 3.05. The number of nitrogens with zero attached hydrogens (tertiary/aromatic N) is 2. The molecule has 2 aromatic carbocycles. The standard InChI is InChI=1S/C15H12F2N2O3/c1-9(13-4-2-11(16)7-14(13)17)18-8-10-6-12(19(21)22)3-5-15(10)20/h2-9,20H,1H3/p-1/t9-/m0/s1. The maximum absolute atomic E-state index is 13.6. The predicted molar refractivity (Wildman–Crippen MR) is 74.9 cm³/mol. The lowest BCUT2D eigenvalue weighted by Gasteiger charge is -2.11. The van der Waals surface area contributed by atoms with Crippen LogP contribution in [0.15, 0.2) is 41.4 Å². The topological polar surface area (TPSA) is 78.6 Å². The second-order valence-electron chi connectivity index (χ2n) is 4.60. The summed E-state index contributed by atoms with van der Waals surface area (Å²) in [6, 6.07) is 5.72. The lowest BCUT2D eigenvalue weighted by atomic mass is 10.1. The Bertz CT molecular complexity index is 748. The Morgan fingerprint density at radius 1 is 1.23 bits per heavy atom. The van der Waals surface area contributed by atoms with E-state index in [4.69, 9.17) is 0 Å². The van der Waals surface area contributed by atoms with Crippen LogP contribution in [0.3, 0.4) is 0 Å². The van der Waals surface area contributed by atoms with Gasteiger partial charge >= 0.3 is 0 Å². The van der Waals surface area contributed by atoms with Crippen LogP contribution < -0.4 is 5.11 Å². The molecule has 0 saturated heterocycles. The summed E-state index contributed by atoms with van der Waals surface area (Å²) in [4.78, 5) is 14.1. The van der Waals surface area contributed by atoms with Crippen LogP contribution in [-0.4, -0.2) is 11.1 Å². The largest absolute Gasteiger partial charge is 0.872 e. The van der Waals surface area contributed by atoms with Crippen LogP contribution in [0.1, 0.15) is 24.1 Å². The van der Waals surface area contributed by atoms with E-state index in [2.05, 4.69) is 4.99 Å². The third kappa shape index (κ3) is 3.43. The molecule has 0 aromatic heterocycles. The van der Waals surface area contributed by atoms with Gasteiger partial charge in [-0.15, -0.1) is 0 Å². The van der Waals surface area contributed by atoms with Gasteiger partial charge in [0.15, 0.2) is 0 Å². The molecular formula is C15H11F2N2O3-. The Balaban J connectivity index is 2.27. The van der Waals surface area contributed by atoms with E-state index in [-0.39, 0.29) is 16.8 Å². The third-order valence-corrected chi connectivity index (χ3v) is 3.05. The van der Waals surface area contributed by atoms with Crippen molar-refractivity contribution in [1.82, 2.24) is 0 Å². The van der Waals surface area contributed by atoms with E-state index < -0.39 is 28.3 Å². The van der Waals surface area contributed by atoms with E-state index in [9.17, 15) is 24.0 Å². The van der Waals surface area contributed by atoms with Crippen LogP contribution in [-0.2, 0) is 0 Å². The molecule has 0 aliphatic heterocycles. The summed E-state index contributed by atoms with van der Waals surface area (Å²) in [7, 11) is 0. The van der Waals surface area contributed by atoms with Crippen molar-refractivity contribution >= 4 is 11.9 Å². The maximum atomic E-state index is 13.6. The summed E-state index contributed by atoms with van der Waals surface area (Å²) in [5.74, 6) is -1.87. The Hall–Kier alpha value is -2.83. The van der Waals surface area contributed by atoms with Gasteiger partial charge in [-0.05, 0) is 18.6 Å². The minimum atomic E-state index is -0.744. The van der Waals surface area contributed by atoms with E-state index >= 15 is 0 Å². The fourth-order valence-corrected chi connectivity index (χ4v) is 1.86. The van der Waals surface area contributed by atoms with E-state index in [1.807, 2.05) is 0 Å². The molecular weight excluding hydrogens is 294 g/mol. The number of halogens is 2. The highest BCUT2D eigenvalue weighted by atomic mass is 19.1. The lowest BCUT2D eigenvalue weighted by Crippen LogP contribution is -2.00. The molecule has 2 aromatic rings. The molecule has 5 nitrogen and oxygen atoms in total. The molecule has 0 spiro atoms. The van der Waals surface area contributed by atoms with Crippen LogP contribution in [0.5, 0.6) is 5.75 Å². The van der Waals surface area contributed by atoms with Crippen molar-refractivity contribution in [2.45, 2.75) is 13.0 Å². The Morgan fingerprint density at radius 3 is 2.59 bits per heavy atom. The molecule has 0 saturated carbocycles. The first-order valence-corrected chi connectivity index (χ1v) is 6.32. The fourth-order valence-electron chi connectivity index (χ4n) is 1.86. The number of hydrogen-bond acceptors (Lipinski definition) is 4. The lowest BCUT2D eigenvalue weighted by molar-refractivity contribution is -0.385. The molecule has 22 heavy (non-hydrogen) atoms. The van der Waals surface area contributed by atoms with Gasteiger partial charge in [0, 0.05) is 30.0 Å². The van der Waals surface area contributed by atoms with E-state index in [0.717, 1.165) is 36.5 Å². The molecule has 2 rings (SSSR count). The smallest absolute Gasteiger partial charge is 0.270 e. The van der Waals surface area contributed by atoms with Crippen LogP contribution in [0, 0.1) is 21.7 Å². The first-order valence-electron chi connectivity index (χ1n) is 6.32. The van der Waals surface area contributed by atoms with Gasteiger partial charge < -0.3 is 5.11 Å². The second-order valence-corrected chi connectivity index (χ2v) is 4.60. The number of non-ortho nitro benzene ring substituents is 1. The monoisotopic (exact) mass is 305 g/mol. The summed E-state index contributed by atoms with van der Waals surface area (Å²) in [6.07, 6.45) is 1.16. The van der Waals surface area contributed by atoms with Gasteiger partial charge in [0.25, 0.3) is 5.69 Å². The zero-order valence-corrected chi connectivity index (χ0v) is 11.5. The van der Waals surface area contributed by atoms with Gasteiger partial charge in [0.2, 0.25) is 0 Å². The van der Waals surface area contributed by atoms with Crippen molar-refractivity contribution in [2.24, 2.45) is 4.99 Å². The molecule has 0 fully saturated rings. The van der Waals surface area contributed by atoms with Crippen LogP contribution in [0.25, 0.3) is 0 Å². The fraction of sp³-hybridized carbons (Fsp3) is 0.133. The van der Waals surface area contributed by atoms with Crippen molar-refractivity contribution in [1.29, 1.82) is 0 Å². The van der Waals surface area contributed by atoms with Gasteiger partial charge in [0.05, 0.1) is 11.0 Å². The highest BCUT2D eigenvalue weighted by molar-refractivity contribution is 5.84. The summed E-state index contributed by atoms with van der Waals surface area (Å²) in [5, 5.41) is 22.3. The minimum Gasteiger partial charge on any atom is -0.872 e. The molecule has 0 bridgehead atoms. The number of aliphatic imine (C=N–C) groups is 1. The highest BCUT2D eigenvalue weighted by Crippen LogP contribution is 2.23. The van der Waals surface area contributed by atoms with Crippen molar-refractivity contribution in [2.75, 3.05) is 0 Å². The maximum Gasteiger partial charge on any atom is 0.270 e. The Kier molecular flexibility index (Phi) is 4.45. The minimum absolute atomic E-state index is 0.0311. The Labute approximate surface area is 124 Å². The molecule has 0 unspecified atom stereocenters. The number of benzene rings is 2. The van der Waals surface area contributed by atoms with E-state index in [0.29, 0.717) is 0 Å². The van der Waals surface area contributed by atoms with Crippen molar-refractivity contribution < 1.29 is 18.8 Å². The van der Waals surface area contributed by atoms with Gasteiger partial charge in [-0.25, -0.2) is 8.78 Å². The average molecular weight is 305 g/mol. The molecule has 1 atom stereocenters. The molecule has 0 aliphatic carbocycles. The molecule has 0 N–H and O–H groups in total. The normalized spacial score (nSPS) is 12.5. The van der Waals surface area contributed by atoms with E-state index in [1.165, 1.54) is 6.07 Å². The highest BCUT2D eigenvalue weighted by Gasteiger charge is 2.10. The van der Waals surface area contributed by atoms with Crippen molar-refractivity contribution in [3.05, 3.63) is 69.3 Å². The summed E-state index contributed by atoms with van der Waals surface area (Å²) in [6.45, 7) is 1.56. The second kappa shape index (κ2) is 6.30. The Morgan fingerprint density at radius 2 is 1.95 bits per heavy atom. The van der Waals surface area contributed by atoms with Gasteiger partial charge in [-0.2, -0.15) is 0 Å². The zero-order chi connectivity index (χ0) is 16.3. The molecule has 0 radical (unpaired) electrons. The first-order chi connectivity index (χ1) is 10.4. The molecule has 0 amide bonds. The molecule has 114 valence electrons. The van der Waals surface area contributed by atoms with Crippen molar-refractivity contribution in [3.8, 4) is 5.75 Å². The quantitative estimate of drug-likeness (QED) is 0.494. The summed E-state index contributed by atoms with van der Waals surface area (Å²) < 4.78 is 26.5. The first kappa shape index (κ1) is 15.6. The molecule has 0 aliphatic rings. The van der Waals surface area contributed by atoms with Crippen molar-refractivity contribution in [3.63, 3.8) is 0 Å². The van der Waals surface area contributed by atoms with Gasteiger partial charge in [0.1, 0.15) is 11.6 Å². The van der Waals surface area contributed by atoms with Crippen LogP contribution in [0.4, 0.5) is 14.5 Å². The predicted octanol–water partition coefficient (Wildman–Crippen LogP) is 3.13. The summed E-state index contributed by atoms with van der Waals surface area (Å²) in [5.41, 5.74) is -0.0410. The average Bonchev–Trinajstić information content (AvgIpc) is 2.45. The molecule has 7 heteroatoms. The number of nitro benzene ring substituents is 1. The zero-order valence-electron chi connectivity index (χ0n) is 11.5. The molecule has 0 heterocycles. The van der Waals surface area contributed by atoms with Gasteiger partial charge in [-0.3, -0.25) is 15.1 Å². The van der Waals surface area contributed by atoms with E-state index in [1.54, 1.807) is 6.92 Å². The SMILES string of the molecule is C[C@H](N=Cc1cc([N+](=O)[O-])ccc1[O-])c1ccc(F)cc1F.